The monoisotopic (exact) mass is 397 g/mol. The van der Waals surface area contributed by atoms with Gasteiger partial charge in [0, 0.05) is 30.2 Å². The maximum absolute atomic E-state index is 14.6. The molecule has 4 rings (SSSR count). The van der Waals surface area contributed by atoms with Gasteiger partial charge >= 0.3 is 0 Å². The number of hydrogen-bond acceptors (Lipinski definition) is 6. The zero-order chi connectivity index (χ0) is 20.5. The smallest absolute Gasteiger partial charge is 0.252 e. The number of carbonyl (C=O) groups is 1. The molecular formula is C20H24FN7O. The summed E-state index contributed by atoms with van der Waals surface area (Å²) in [4.78, 5) is 16.2. The van der Waals surface area contributed by atoms with E-state index < -0.39 is 11.7 Å². The molecule has 2 aromatic heterocycles. The molecule has 1 aromatic carbocycles. The molecule has 0 saturated heterocycles. The number of nitrogens with two attached hydrogens (primary N) is 2. The van der Waals surface area contributed by atoms with Gasteiger partial charge in [0.2, 0.25) is 0 Å². The van der Waals surface area contributed by atoms with E-state index in [0.717, 1.165) is 42.7 Å². The molecule has 152 valence electrons. The van der Waals surface area contributed by atoms with E-state index in [1.807, 2.05) is 25.2 Å². The highest BCUT2D eigenvalue weighted by Gasteiger charge is 2.24. The Labute approximate surface area is 167 Å². The number of halogens is 1. The lowest BCUT2D eigenvalue weighted by Gasteiger charge is -2.30. The summed E-state index contributed by atoms with van der Waals surface area (Å²) in [5.74, 6) is -1.15. The molecule has 0 radical (unpaired) electrons. The summed E-state index contributed by atoms with van der Waals surface area (Å²) >= 11 is 0. The molecule has 6 N–H and O–H groups in total. The van der Waals surface area contributed by atoms with Crippen molar-refractivity contribution in [2.75, 3.05) is 10.6 Å². The highest BCUT2D eigenvalue weighted by atomic mass is 19.1. The second-order valence-electron chi connectivity index (χ2n) is 7.45. The first-order valence-electron chi connectivity index (χ1n) is 9.63. The van der Waals surface area contributed by atoms with Crippen LogP contribution in [0.3, 0.4) is 0 Å². The maximum atomic E-state index is 14.6. The van der Waals surface area contributed by atoms with Gasteiger partial charge in [-0.15, -0.1) is 0 Å². The standard InChI is InChI=1S/C20H24FN7O/c1-28-17-8-12(7-6-11(17)10-24-28)25-19-13(18(23)29)9-14(21)20(27-19)26-16-5-3-2-4-15(16)22/h6-10,15-16H,2-5,22H2,1H3,(H2,23,29)(H2,25,26,27)/t15-,16?/m0/s1. The normalized spacial score (nSPS) is 19.3. The van der Waals surface area contributed by atoms with Crippen molar-refractivity contribution in [2.24, 2.45) is 18.5 Å². The van der Waals surface area contributed by atoms with Gasteiger partial charge < -0.3 is 22.1 Å². The summed E-state index contributed by atoms with van der Waals surface area (Å²) < 4.78 is 16.4. The quantitative estimate of drug-likeness (QED) is 0.525. The van der Waals surface area contributed by atoms with Crippen molar-refractivity contribution in [2.45, 2.75) is 37.8 Å². The SMILES string of the molecule is Cn1ncc2ccc(Nc3nc(NC4CCCC[C@@H]4N)c(F)cc3C(N)=O)cc21. The molecule has 8 nitrogen and oxygen atoms in total. The van der Waals surface area contributed by atoms with Crippen molar-refractivity contribution in [3.8, 4) is 0 Å². The third kappa shape index (κ3) is 3.86. The van der Waals surface area contributed by atoms with Crippen LogP contribution in [0.4, 0.5) is 21.7 Å². The van der Waals surface area contributed by atoms with Crippen LogP contribution in [0.5, 0.6) is 0 Å². The summed E-state index contributed by atoms with van der Waals surface area (Å²) in [5, 5.41) is 11.4. The molecule has 0 spiro atoms. The minimum atomic E-state index is -0.763. The predicted molar refractivity (Wildman–Crippen MR) is 111 cm³/mol. The van der Waals surface area contributed by atoms with E-state index in [1.165, 1.54) is 0 Å². The fourth-order valence-electron chi connectivity index (χ4n) is 3.75. The average Bonchev–Trinajstić information content (AvgIpc) is 3.06. The molecule has 0 bridgehead atoms. The fraction of sp³-hybridized carbons (Fsp3) is 0.350. The molecule has 2 atom stereocenters. The summed E-state index contributed by atoms with van der Waals surface area (Å²) in [6, 6.07) is 6.59. The highest BCUT2D eigenvalue weighted by Crippen LogP contribution is 2.28. The predicted octanol–water partition coefficient (Wildman–Crippen LogP) is 2.63. The molecule has 29 heavy (non-hydrogen) atoms. The molecular weight excluding hydrogens is 373 g/mol. The van der Waals surface area contributed by atoms with Gasteiger partial charge in [-0.2, -0.15) is 5.10 Å². The van der Waals surface area contributed by atoms with Crippen molar-refractivity contribution in [1.82, 2.24) is 14.8 Å². The van der Waals surface area contributed by atoms with E-state index in [9.17, 15) is 9.18 Å². The van der Waals surface area contributed by atoms with Gasteiger partial charge in [-0.25, -0.2) is 9.37 Å². The number of benzene rings is 1. The first-order chi connectivity index (χ1) is 13.9. The summed E-state index contributed by atoms with van der Waals surface area (Å²) in [6.07, 6.45) is 5.59. The number of aromatic nitrogens is 3. The third-order valence-electron chi connectivity index (χ3n) is 5.39. The number of rotatable bonds is 5. The van der Waals surface area contributed by atoms with Gasteiger partial charge in [0.25, 0.3) is 5.91 Å². The van der Waals surface area contributed by atoms with Crippen molar-refractivity contribution < 1.29 is 9.18 Å². The first kappa shape index (κ1) is 19.1. The van der Waals surface area contributed by atoms with E-state index in [1.54, 1.807) is 10.9 Å². The van der Waals surface area contributed by atoms with E-state index >= 15 is 0 Å². The van der Waals surface area contributed by atoms with E-state index in [4.69, 9.17) is 11.5 Å². The zero-order valence-electron chi connectivity index (χ0n) is 16.2. The van der Waals surface area contributed by atoms with Gasteiger partial charge in [0.1, 0.15) is 5.82 Å². The van der Waals surface area contributed by atoms with Gasteiger partial charge in [0.15, 0.2) is 11.6 Å². The summed E-state index contributed by atoms with van der Waals surface area (Å²) in [5.41, 5.74) is 13.2. The minimum absolute atomic E-state index is 0.0221. The Morgan fingerprint density at radius 1 is 1.24 bits per heavy atom. The Morgan fingerprint density at radius 2 is 2.03 bits per heavy atom. The van der Waals surface area contributed by atoms with Gasteiger partial charge in [0.05, 0.1) is 17.3 Å². The lowest BCUT2D eigenvalue weighted by Crippen LogP contribution is -2.43. The van der Waals surface area contributed by atoms with Gasteiger partial charge in [-0.1, -0.05) is 12.8 Å². The van der Waals surface area contributed by atoms with Crippen molar-refractivity contribution in [3.63, 3.8) is 0 Å². The topological polar surface area (TPSA) is 124 Å². The van der Waals surface area contributed by atoms with Crippen LogP contribution in [0.2, 0.25) is 0 Å². The number of primary amides is 1. The van der Waals surface area contributed by atoms with Crippen LogP contribution >= 0.6 is 0 Å². The van der Waals surface area contributed by atoms with Crippen molar-refractivity contribution in [3.05, 3.63) is 41.8 Å². The first-order valence-corrected chi connectivity index (χ1v) is 9.63. The van der Waals surface area contributed by atoms with Crippen LogP contribution in [0.15, 0.2) is 30.5 Å². The largest absolute Gasteiger partial charge is 0.365 e. The molecule has 2 heterocycles. The van der Waals surface area contributed by atoms with Crippen LogP contribution in [0.25, 0.3) is 10.9 Å². The number of anilines is 3. The van der Waals surface area contributed by atoms with Crippen molar-refractivity contribution >= 4 is 34.1 Å². The second-order valence-corrected chi connectivity index (χ2v) is 7.45. The number of nitrogens with zero attached hydrogens (tertiary/aromatic N) is 3. The summed E-state index contributed by atoms with van der Waals surface area (Å²) in [7, 11) is 1.84. The number of nitrogens with one attached hydrogen (secondary N) is 2. The number of carbonyl (C=O) groups excluding carboxylic acids is 1. The van der Waals surface area contributed by atoms with Crippen LogP contribution in [-0.2, 0) is 7.05 Å². The van der Waals surface area contributed by atoms with Crippen molar-refractivity contribution in [1.29, 1.82) is 0 Å². The molecule has 1 aliphatic carbocycles. The Balaban J connectivity index is 1.68. The molecule has 1 saturated carbocycles. The number of pyridine rings is 1. The number of aryl methyl sites for hydroxylation is 1. The Morgan fingerprint density at radius 3 is 2.79 bits per heavy atom. The van der Waals surface area contributed by atoms with E-state index in [2.05, 4.69) is 20.7 Å². The zero-order valence-corrected chi connectivity index (χ0v) is 16.2. The number of fused-ring (bicyclic) bond motifs is 1. The molecule has 3 aromatic rings. The second kappa shape index (κ2) is 7.67. The molecule has 9 heteroatoms. The van der Waals surface area contributed by atoms with Crippen LogP contribution in [0.1, 0.15) is 36.0 Å². The van der Waals surface area contributed by atoms with Crippen LogP contribution in [-0.4, -0.2) is 32.8 Å². The number of amides is 1. The molecule has 1 amide bonds. The Kier molecular flexibility index (Phi) is 5.06. The van der Waals surface area contributed by atoms with E-state index in [0.29, 0.717) is 5.69 Å². The summed E-state index contributed by atoms with van der Waals surface area (Å²) in [6.45, 7) is 0. The Hall–Kier alpha value is -3.20. The maximum Gasteiger partial charge on any atom is 0.252 e. The number of hydrogen-bond donors (Lipinski definition) is 4. The Bertz CT molecular complexity index is 1060. The molecule has 1 unspecified atom stereocenters. The minimum Gasteiger partial charge on any atom is -0.365 e. The lowest BCUT2D eigenvalue weighted by atomic mass is 9.91. The third-order valence-corrected chi connectivity index (χ3v) is 5.39. The van der Waals surface area contributed by atoms with Crippen LogP contribution < -0.4 is 22.1 Å². The van der Waals surface area contributed by atoms with Crippen LogP contribution in [0, 0.1) is 5.82 Å². The molecule has 0 aliphatic heterocycles. The highest BCUT2D eigenvalue weighted by molar-refractivity contribution is 5.99. The fourth-order valence-corrected chi connectivity index (χ4v) is 3.75. The molecule has 1 fully saturated rings. The average molecular weight is 397 g/mol. The van der Waals surface area contributed by atoms with Gasteiger partial charge in [-0.05, 0) is 37.1 Å². The lowest BCUT2D eigenvalue weighted by molar-refractivity contribution is 0.100. The molecule has 1 aliphatic rings. The van der Waals surface area contributed by atoms with Gasteiger partial charge in [-0.3, -0.25) is 9.48 Å². The van der Waals surface area contributed by atoms with E-state index in [-0.39, 0.29) is 29.3 Å².